The summed E-state index contributed by atoms with van der Waals surface area (Å²) in [5.41, 5.74) is 1.75. The normalized spacial score (nSPS) is 21.5. The average molecular weight is 380 g/mol. The van der Waals surface area contributed by atoms with Crippen molar-refractivity contribution in [3.8, 4) is 0 Å². The van der Waals surface area contributed by atoms with E-state index in [-0.39, 0.29) is 23.8 Å². The number of carbonyl (C=O) groups is 1. The first kappa shape index (κ1) is 19.3. The van der Waals surface area contributed by atoms with Gasteiger partial charge in [-0.3, -0.25) is 9.69 Å². The van der Waals surface area contributed by atoms with Crippen molar-refractivity contribution in [1.82, 2.24) is 14.5 Å². The number of aryl methyl sites for hydroxylation is 2. The number of carbonyl (C=O) groups excluding carboxylic acids is 1. The van der Waals surface area contributed by atoms with Gasteiger partial charge in [0, 0.05) is 32.1 Å². The average Bonchev–Trinajstić information content (AvgIpc) is 3.25. The van der Waals surface area contributed by atoms with E-state index in [1.54, 1.807) is 19.1 Å². The molecule has 1 N–H and O–H groups in total. The van der Waals surface area contributed by atoms with E-state index in [1.807, 2.05) is 17.9 Å². The Balaban J connectivity index is 1.49. The lowest BCUT2D eigenvalue weighted by Crippen LogP contribution is -2.38. The molecule has 0 aromatic heterocycles. The summed E-state index contributed by atoms with van der Waals surface area (Å²) in [4.78, 5) is 17.1. The summed E-state index contributed by atoms with van der Waals surface area (Å²) < 4.78 is 27.5. The molecule has 3 rings (SSSR count). The van der Waals surface area contributed by atoms with Crippen LogP contribution in [0.1, 0.15) is 36.8 Å². The van der Waals surface area contributed by atoms with Gasteiger partial charge in [-0.25, -0.2) is 13.1 Å². The van der Waals surface area contributed by atoms with Gasteiger partial charge in [0.15, 0.2) is 0 Å². The largest absolute Gasteiger partial charge is 0.341 e. The highest BCUT2D eigenvalue weighted by Gasteiger charge is 2.31. The van der Waals surface area contributed by atoms with Crippen LogP contribution in [-0.2, 0) is 14.8 Å². The van der Waals surface area contributed by atoms with Crippen LogP contribution in [0.4, 0.5) is 0 Å². The number of nitrogens with zero attached hydrogens (tertiary/aromatic N) is 2. The molecule has 0 spiro atoms. The zero-order valence-corrected chi connectivity index (χ0v) is 16.5. The van der Waals surface area contributed by atoms with Crippen LogP contribution in [0.5, 0.6) is 0 Å². The molecule has 1 atom stereocenters. The van der Waals surface area contributed by atoms with Gasteiger partial charge in [0.1, 0.15) is 0 Å². The molecule has 2 heterocycles. The van der Waals surface area contributed by atoms with Gasteiger partial charge in [-0.2, -0.15) is 0 Å². The summed E-state index contributed by atoms with van der Waals surface area (Å²) in [7, 11) is -3.58. The highest BCUT2D eigenvalue weighted by atomic mass is 32.2. The lowest BCUT2D eigenvalue weighted by atomic mass is 10.2. The first-order valence-electron chi connectivity index (χ1n) is 9.45. The fourth-order valence-corrected chi connectivity index (χ4v) is 5.26. The summed E-state index contributed by atoms with van der Waals surface area (Å²) in [5, 5.41) is 0. The predicted molar refractivity (Wildman–Crippen MR) is 102 cm³/mol. The summed E-state index contributed by atoms with van der Waals surface area (Å²) in [6.45, 7) is 7.70. The van der Waals surface area contributed by atoms with E-state index in [4.69, 9.17) is 0 Å². The number of sulfonamides is 1. The van der Waals surface area contributed by atoms with Crippen molar-refractivity contribution in [3.63, 3.8) is 0 Å². The summed E-state index contributed by atoms with van der Waals surface area (Å²) in [6, 6.07) is 5.74. The van der Waals surface area contributed by atoms with Crippen LogP contribution < -0.4 is 4.72 Å². The first-order valence-corrected chi connectivity index (χ1v) is 10.9. The van der Waals surface area contributed by atoms with Crippen LogP contribution in [-0.4, -0.2) is 62.9 Å². The molecule has 2 aliphatic rings. The van der Waals surface area contributed by atoms with Gasteiger partial charge in [0.25, 0.3) is 0 Å². The second-order valence-corrected chi connectivity index (χ2v) is 9.18. The van der Waals surface area contributed by atoms with E-state index in [0.29, 0.717) is 6.04 Å². The third-order valence-corrected chi connectivity index (χ3v) is 7.05. The van der Waals surface area contributed by atoms with Crippen LogP contribution >= 0.6 is 0 Å². The van der Waals surface area contributed by atoms with Crippen molar-refractivity contribution in [3.05, 3.63) is 29.3 Å². The van der Waals surface area contributed by atoms with Crippen LogP contribution in [0, 0.1) is 13.8 Å². The summed E-state index contributed by atoms with van der Waals surface area (Å²) >= 11 is 0. The van der Waals surface area contributed by atoms with Crippen LogP contribution in [0.3, 0.4) is 0 Å². The van der Waals surface area contributed by atoms with Crippen LogP contribution in [0.15, 0.2) is 23.1 Å². The second kappa shape index (κ2) is 8.06. The minimum Gasteiger partial charge on any atom is -0.341 e. The molecule has 0 radical (unpaired) electrons. The monoisotopic (exact) mass is 379 g/mol. The number of nitrogens with one attached hydrogen (secondary N) is 1. The molecule has 7 heteroatoms. The Bertz CT molecular complexity index is 757. The first-order chi connectivity index (χ1) is 12.4. The zero-order valence-electron chi connectivity index (χ0n) is 15.7. The van der Waals surface area contributed by atoms with Crippen LogP contribution in [0.2, 0.25) is 0 Å². The standard InChI is InChI=1S/C19H29N3O3S/c1-15-5-6-18(16(2)13-15)26(24,25)20-9-7-19(23)22-12-8-17(14-22)21-10-3-4-11-21/h5-6,13,17,20H,3-4,7-12,14H2,1-2H3. The molecule has 0 bridgehead atoms. The maximum atomic E-state index is 12.5. The lowest BCUT2D eigenvalue weighted by Gasteiger charge is -2.23. The Morgan fingerprint density at radius 1 is 1.19 bits per heavy atom. The van der Waals surface area contributed by atoms with Gasteiger partial charge in [0.2, 0.25) is 15.9 Å². The number of benzene rings is 1. The van der Waals surface area contributed by atoms with E-state index < -0.39 is 10.0 Å². The smallest absolute Gasteiger partial charge is 0.240 e. The molecule has 2 aliphatic heterocycles. The molecule has 1 unspecified atom stereocenters. The van der Waals surface area contributed by atoms with E-state index in [1.165, 1.54) is 12.8 Å². The van der Waals surface area contributed by atoms with Gasteiger partial charge >= 0.3 is 0 Å². The van der Waals surface area contributed by atoms with E-state index in [2.05, 4.69) is 9.62 Å². The van der Waals surface area contributed by atoms with E-state index in [0.717, 1.165) is 43.7 Å². The maximum Gasteiger partial charge on any atom is 0.240 e. The third kappa shape index (κ3) is 4.45. The van der Waals surface area contributed by atoms with Crippen LogP contribution in [0.25, 0.3) is 0 Å². The van der Waals surface area contributed by atoms with Gasteiger partial charge < -0.3 is 4.90 Å². The summed E-state index contributed by atoms with van der Waals surface area (Å²) in [6.07, 6.45) is 3.74. The molecule has 2 saturated heterocycles. The minimum atomic E-state index is -3.58. The fraction of sp³-hybridized carbons (Fsp3) is 0.632. The second-order valence-electron chi connectivity index (χ2n) is 7.44. The topological polar surface area (TPSA) is 69.7 Å². The third-order valence-electron chi connectivity index (χ3n) is 5.42. The molecule has 1 aromatic carbocycles. The number of amides is 1. The van der Waals surface area contributed by atoms with Gasteiger partial charge in [-0.15, -0.1) is 0 Å². The fourth-order valence-electron chi connectivity index (χ4n) is 4.00. The van der Waals surface area contributed by atoms with E-state index in [9.17, 15) is 13.2 Å². The Hall–Kier alpha value is -1.44. The highest BCUT2D eigenvalue weighted by Crippen LogP contribution is 2.21. The van der Waals surface area contributed by atoms with Gasteiger partial charge in [-0.1, -0.05) is 17.7 Å². The molecule has 1 aromatic rings. The maximum absolute atomic E-state index is 12.5. The number of rotatable bonds is 6. The van der Waals surface area contributed by atoms with Gasteiger partial charge in [0.05, 0.1) is 4.90 Å². The minimum absolute atomic E-state index is 0.0371. The SMILES string of the molecule is Cc1ccc(S(=O)(=O)NCCC(=O)N2CCC(N3CCCC3)C2)c(C)c1. The van der Waals surface area contributed by atoms with Crippen molar-refractivity contribution in [1.29, 1.82) is 0 Å². The Morgan fingerprint density at radius 3 is 2.62 bits per heavy atom. The van der Waals surface area contributed by atoms with Crippen molar-refractivity contribution in [2.75, 3.05) is 32.7 Å². The van der Waals surface area contributed by atoms with Crippen molar-refractivity contribution in [2.45, 2.75) is 50.5 Å². The van der Waals surface area contributed by atoms with Gasteiger partial charge in [-0.05, 0) is 57.8 Å². The molecular formula is C19H29N3O3S. The highest BCUT2D eigenvalue weighted by molar-refractivity contribution is 7.89. The predicted octanol–water partition coefficient (Wildman–Crippen LogP) is 1.67. The van der Waals surface area contributed by atoms with Crippen molar-refractivity contribution >= 4 is 15.9 Å². The van der Waals surface area contributed by atoms with E-state index >= 15 is 0 Å². The van der Waals surface area contributed by atoms with Crippen molar-refractivity contribution < 1.29 is 13.2 Å². The molecule has 0 aliphatic carbocycles. The van der Waals surface area contributed by atoms with Crippen molar-refractivity contribution in [2.24, 2.45) is 0 Å². The molecular weight excluding hydrogens is 350 g/mol. The number of hydrogen-bond donors (Lipinski definition) is 1. The molecule has 1 amide bonds. The Labute approximate surface area is 156 Å². The molecule has 26 heavy (non-hydrogen) atoms. The Morgan fingerprint density at radius 2 is 1.92 bits per heavy atom. The number of likely N-dealkylation sites (tertiary alicyclic amines) is 2. The number of hydrogen-bond acceptors (Lipinski definition) is 4. The lowest BCUT2D eigenvalue weighted by molar-refractivity contribution is -0.130. The molecule has 0 saturated carbocycles. The molecule has 144 valence electrons. The molecule has 2 fully saturated rings. The Kier molecular flexibility index (Phi) is 5.99. The quantitative estimate of drug-likeness (QED) is 0.816. The summed E-state index contributed by atoms with van der Waals surface area (Å²) in [5.74, 6) is 0.0371. The zero-order chi connectivity index (χ0) is 18.7. The molecule has 6 nitrogen and oxygen atoms in total.